The van der Waals surface area contributed by atoms with Crippen molar-refractivity contribution in [1.82, 2.24) is 4.90 Å². The normalized spacial score (nSPS) is 20.4. The maximum Gasteiger partial charge on any atom is 0.121 e. The van der Waals surface area contributed by atoms with E-state index in [9.17, 15) is 0 Å². The highest BCUT2D eigenvalue weighted by Gasteiger charge is 2.24. The minimum atomic E-state index is 0.825. The Morgan fingerprint density at radius 3 is 2.70 bits per heavy atom. The van der Waals surface area contributed by atoms with Crippen LogP contribution < -0.4 is 10.1 Å². The van der Waals surface area contributed by atoms with Gasteiger partial charge in [0, 0.05) is 24.3 Å². The van der Waals surface area contributed by atoms with Crippen LogP contribution >= 0.6 is 0 Å². The molecule has 1 aliphatic rings. The van der Waals surface area contributed by atoms with E-state index in [4.69, 9.17) is 4.74 Å². The third kappa shape index (κ3) is 7.21. The lowest BCUT2D eigenvalue weighted by atomic mass is 9.91. The molecule has 1 fully saturated rings. The van der Waals surface area contributed by atoms with Gasteiger partial charge in [0.05, 0.1) is 7.11 Å². The standard InChI is InChI=1S/C24H40N2O/c1-6-23-15-20(4)11-14-26(23)13-10-8-7-9-12-25-22-16-21(19(2)3)17-24(18-22)27-5/h16-18,20,23,25H,2,6-15H2,1,3-5H3. The molecule has 1 aromatic carbocycles. The Bertz CT molecular complexity index is 584. The van der Waals surface area contributed by atoms with Gasteiger partial charge in [-0.25, -0.2) is 0 Å². The monoisotopic (exact) mass is 372 g/mol. The number of unbranched alkanes of at least 4 members (excludes halogenated alkanes) is 3. The number of benzene rings is 1. The number of likely N-dealkylation sites (tertiary alicyclic amines) is 1. The smallest absolute Gasteiger partial charge is 0.121 e. The van der Waals surface area contributed by atoms with Crippen molar-refractivity contribution >= 4 is 11.3 Å². The van der Waals surface area contributed by atoms with Crippen LogP contribution in [0.15, 0.2) is 24.8 Å². The number of hydrogen-bond donors (Lipinski definition) is 1. The van der Waals surface area contributed by atoms with E-state index in [0.717, 1.165) is 41.1 Å². The second-order valence-corrected chi connectivity index (χ2v) is 8.30. The number of hydrogen-bond acceptors (Lipinski definition) is 3. The molecule has 2 rings (SSSR count). The van der Waals surface area contributed by atoms with Crippen molar-refractivity contribution in [2.75, 3.05) is 32.1 Å². The van der Waals surface area contributed by atoms with E-state index < -0.39 is 0 Å². The molecule has 27 heavy (non-hydrogen) atoms. The molecule has 2 atom stereocenters. The Morgan fingerprint density at radius 1 is 1.22 bits per heavy atom. The van der Waals surface area contributed by atoms with Gasteiger partial charge in [-0.1, -0.05) is 38.8 Å². The van der Waals surface area contributed by atoms with Gasteiger partial charge >= 0.3 is 0 Å². The zero-order valence-electron chi connectivity index (χ0n) is 18.0. The van der Waals surface area contributed by atoms with Gasteiger partial charge in [-0.15, -0.1) is 0 Å². The van der Waals surface area contributed by atoms with E-state index in [0.29, 0.717) is 0 Å². The molecule has 3 heteroatoms. The number of ether oxygens (including phenoxy) is 1. The van der Waals surface area contributed by atoms with Crippen molar-refractivity contribution in [3.63, 3.8) is 0 Å². The number of methoxy groups -OCH3 is 1. The summed E-state index contributed by atoms with van der Waals surface area (Å²) in [7, 11) is 1.72. The summed E-state index contributed by atoms with van der Waals surface area (Å²) < 4.78 is 5.40. The van der Waals surface area contributed by atoms with Crippen LogP contribution in [0, 0.1) is 5.92 Å². The molecule has 1 N–H and O–H groups in total. The van der Waals surface area contributed by atoms with Crippen LogP contribution in [-0.4, -0.2) is 37.7 Å². The Balaban J connectivity index is 1.63. The number of rotatable bonds is 11. The summed E-state index contributed by atoms with van der Waals surface area (Å²) in [6.45, 7) is 14.4. The maximum atomic E-state index is 5.40. The Hall–Kier alpha value is -1.48. The Morgan fingerprint density at radius 2 is 2.00 bits per heavy atom. The van der Waals surface area contributed by atoms with Crippen molar-refractivity contribution in [3.05, 3.63) is 30.3 Å². The molecule has 0 amide bonds. The molecular weight excluding hydrogens is 332 g/mol. The van der Waals surface area contributed by atoms with E-state index in [2.05, 4.69) is 42.8 Å². The van der Waals surface area contributed by atoms with Gasteiger partial charge in [-0.2, -0.15) is 0 Å². The summed E-state index contributed by atoms with van der Waals surface area (Å²) in [6, 6.07) is 7.09. The van der Waals surface area contributed by atoms with Crippen LogP contribution in [-0.2, 0) is 0 Å². The van der Waals surface area contributed by atoms with E-state index in [1.165, 1.54) is 58.0 Å². The first-order valence-corrected chi connectivity index (χ1v) is 10.9. The third-order valence-corrected chi connectivity index (χ3v) is 5.91. The molecule has 0 spiro atoms. The number of anilines is 1. The number of nitrogens with one attached hydrogen (secondary N) is 1. The fourth-order valence-corrected chi connectivity index (χ4v) is 4.11. The number of allylic oxidation sites excluding steroid dienone is 1. The van der Waals surface area contributed by atoms with Crippen LogP contribution in [0.3, 0.4) is 0 Å². The van der Waals surface area contributed by atoms with E-state index in [1.54, 1.807) is 7.11 Å². The van der Waals surface area contributed by atoms with Crippen molar-refractivity contribution in [1.29, 1.82) is 0 Å². The van der Waals surface area contributed by atoms with Gasteiger partial charge in [0.15, 0.2) is 0 Å². The highest BCUT2D eigenvalue weighted by Crippen LogP contribution is 2.26. The predicted molar refractivity (Wildman–Crippen MR) is 119 cm³/mol. The largest absolute Gasteiger partial charge is 0.497 e. The molecule has 0 radical (unpaired) electrons. The average molecular weight is 373 g/mol. The quantitative estimate of drug-likeness (QED) is 0.467. The Labute approximate surface area is 167 Å². The summed E-state index contributed by atoms with van der Waals surface area (Å²) in [5, 5.41) is 3.54. The van der Waals surface area contributed by atoms with Crippen LogP contribution in [0.5, 0.6) is 5.75 Å². The zero-order valence-corrected chi connectivity index (χ0v) is 18.0. The summed E-state index contributed by atoms with van der Waals surface area (Å²) in [5.74, 6) is 1.80. The lowest BCUT2D eigenvalue weighted by Gasteiger charge is -2.38. The number of nitrogens with zero attached hydrogens (tertiary/aromatic N) is 1. The first-order valence-electron chi connectivity index (χ1n) is 10.9. The molecule has 0 bridgehead atoms. The van der Waals surface area contributed by atoms with Crippen LogP contribution in [0.4, 0.5) is 5.69 Å². The molecule has 1 aromatic rings. The lowest BCUT2D eigenvalue weighted by Crippen LogP contribution is -2.42. The summed E-state index contributed by atoms with van der Waals surface area (Å²) >= 11 is 0. The molecule has 0 aliphatic carbocycles. The fraction of sp³-hybridized carbons (Fsp3) is 0.667. The van der Waals surface area contributed by atoms with E-state index in [-0.39, 0.29) is 0 Å². The zero-order chi connectivity index (χ0) is 19.6. The van der Waals surface area contributed by atoms with Gasteiger partial charge < -0.3 is 15.0 Å². The van der Waals surface area contributed by atoms with Crippen molar-refractivity contribution in [2.24, 2.45) is 5.92 Å². The molecule has 0 saturated carbocycles. The molecule has 3 nitrogen and oxygen atoms in total. The van der Waals surface area contributed by atoms with Gasteiger partial charge in [0.25, 0.3) is 0 Å². The van der Waals surface area contributed by atoms with E-state index >= 15 is 0 Å². The SMILES string of the molecule is C=C(C)c1cc(NCCCCCCN2CCC(C)CC2CC)cc(OC)c1. The van der Waals surface area contributed by atoms with Crippen molar-refractivity contribution < 1.29 is 4.74 Å². The molecule has 2 unspecified atom stereocenters. The van der Waals surface area contributed by atoms with Gasteiger partial charge in [0.1, 0.15) is 5.75 Å². The highest BCUT2D eigenvalue weighted by atomic mass is 16.5. The highest BCUT2D eigenvalue weighted by molar-refractivity contribution is 5.67. The summed E-state index contributed by atoms with van der Waals surface area (Å²) in [6.07, 6.45) is 9.27. The lowest BCUT2D eigenvalue weighted by molar-refractivity contribution is 0.112. The topological polar surface area (TPSA) is 24.5 Å². The van der Waals surface area contributed by atoms with Crippen LogP contribution in [0.1, 0.15) is 71.3 Å². The molecule has 1 heterocycles. The Kier molecular flexibility index (Phi) is 9.20. The molecule has 1 aliphatic heterocycles. The first-order chi connectivity index (χ1) is 13.0. The van der Waals surface area contributed by atoms with Gasteiger partial charge in [-0.3, -0.25) is 0 Å². The summed E-state index contributed by atoms with van der Waals surface area (Å²) in [4.78, 5) is 2.74. The minimum Gasteiger partial charge on any atom is -0.497 e. The average Bonchev–Trinajstić information content (AvgIpc) is 2.67. The maximum absolute atomic E-state index is 5.40. The molecule has 152 valence electrons. The molecule has 0 aromatic heterocycles. The fourth-order valence-electron chi connectivity index (χ4n) is 4.11. The van der Waals surface area contributed by atoms with Crippen molar-refractivity contribution in [3.8, 4) is 5.75 Å². The summed E-state index contributed by atoms with van der Waals surface area (Å²) in [5.41, 5.74) is 3.33. The second-order valence-electron chi connectivity index (χ2n) is 8.30. The first kappa shape index (κ1) is 21.8. The van der Waals surface area contributed by atoms with Gasteiger partial charge in [-0.05, 0) is 75.7 Å². The van der Waals surface area contributed by atoms with Crippen LogP contribution in [0.2, 0.25) is 0 Å². The van der Waals surface area contributed by atoms with Gasteiger partial charge in [0.2, 0.25) is 0 Å². The molecule has 1 saturated heterocycles. The second kappa shape index (κ2) is 11.4. The minimum absolute atomic E-state index is 0.825. The third-order valence-electron chi connectivity index (χ3n) is 5.91. The van der Waals surface area contributed by atoms with E-state index in [1.807, 2.05) is 13.0 Å². The predicted octanol–water partition coefficient (Wildman–Crippen LogP) is 6.21. The van der Waals surface area contributed by atoms with Crippen LogP contribution in [0.25, 0.3) is 5.57 Å². The number of piperidine rings is 1. The van der Waals surface area contributed by atoms with Crippen molar-refractivity contribution in [2.45, 2.75) is 71.8 Å². The molecular formula is C24H40N2O.